The summed E-state index contributed by atoms with van der Waals surface area (Å²) >= 11 is 0. The van der Waals surface area contributed by atoms with Crippen LogP contribution in [-0.4, -0.2) is 35.7 Å². The average molecular weight is 225 g/mol. The maximum atomic E-state index is 9.30. The number of aliphatic hydroxyl groups excluding tert-OH is 1. The predicted molar refractivity (Wildman–Crippen MR) is 67.4 cm³/mol. The summed E-state index contributed by atoms with van der Waals surface area (Å²) in [6, 6.07) is 0.816. The fraction of sp³-hybridized carbons (Fsp3) is 1.00. The van der Waals surface area contributed by atoms with Crippen LogP contribution in [0.4, 0.5) is 0 Å². The van der Waals surface area contributed by atoms with Gasteiger partial charge in [0.15, 0.2) is 0 Å². The highest BCUT2D eigenvalue weighted by Gasteiger charge is 2.31. The summed E-state index contributed by atoms with van der Waals surface area (Å²) in [6.45, 7) is 3.54. The molecule has 0 amide bonds. The Hall–Kier alpha value is -0.0800. The Bertz CT molecular complexity index is 213. The van der Waals surface area contributed by atoms with Crippen LogP contribution in [-0.2, 0) is 0 Å². The first-order valence-corrected chi connectivity index (χ1v) is 7.07. The van der Waals surface area contributed by atoms with Gasteiger partial charge in [-0.25, -0.2) is 0 Å². The first-order chi connectivity index (χ1) is 7.69. The van der Waals surface area contributed by atoms with Crippen molar-refractivity contribution in [1.82, 2.24) is 4.90 Å². The SMILES string of the molecule is CCC1CCCC(N(C)CC2CC(O)C2)C1. The van der Waals surface area contributed by atoms with Crippen molar-refractivity contribution in [3.63, 3.8) is 0 Å². The van der Waals surface area contributed by atoms with E-state index in [2.05, 4.69) is 18.9 Å². The van der Waals surface area contributed by atoms with Crippen LogP contribution in [0.1, 0.15) is 51.9 Å². The quantitative estimate of drug-likeness (QED) is 0.795. The Morgan fingerprint density at radius 1 is 1.12 bits per heavy atom. The molecule has 2 aliphatic rings. The van der Waals surface area contributed by atoms with Crippen LogP contribution in [0.2, 0.25) is 0 Å². The van der Waals surface area contributed by atoms with Crippen LogP contribution >= 0.6 is 0 Å². The molecule has 0 aromatic carbocycles. The van der Waals surface area contributed by atoms with Crippen LogP contribution in [0.5, 0.6) is 0 Å². The van der Waals surface area contributed by atoms with Gasteiger partial charge in [0, 0.05) is 12.6 Å². The van der Waals surface area contributed by atoms with E-state index in [1.54, 1.807) is 0 Å². The smallest absolute Gasteiger partial charge is 0.0546 e. The Labute approximate surface area is 100 Å². The number of rotatable bonds is 4. The van der Waals surface area contributed by atoms with Gasteiger partial charge in [0.05, 0.1) is 6.10 Å². The first kappa shape index (κ1) is 12.4. The third-order valence-corrected chi connectivity index (χ3v) is 4.71. The molecule has 0 aromatic heterocycles. The van der Waals surface area contributed by atoms with E-state index in [9.17, 15) is 5.11 Å². The summed E-state index contributed by atoms with van der Waals surface area (Å²) in [4.78, 5) is 2.57. The third-order valence-electron chi connectivity index (χ3n) is 4.71. The van der Waals surface area contributed by atoms with Gasteiger partial charge in [-0.3, -0.25) is 0 Å². The molecule has 0 aliphatic heterocycles. The van der Waals surface area contributed by atoms with E-state index >= 15 is 0 Å². The minimum Gasteiger partial charge on any atom is -0.393 e. The van der Waals surface area contributed by atoms with Crippen LogP contribution in [0.25, 0.3) is 0 Å². The summed E-state index contributed by atoms with van der Waals surface area (Å²) in [6.07, 6.45) is 9.09. The highest BCUT2D eigenvalue weighted by molar-refractivity contribution is 4.84. The van der Waals surface area contributed by atoms with E-state index in [4.69, 9.17) is 0 Å². The van der Waals surface area contributed by atoms with E-state index < -0.39 is 0 Å². The van der Waals surface area contributed by atoms with E-state index in [0.29, 0.717) is 0 Å². The summed E-state index contributed by atoms with van der Waals surface area (Å²) in [5.41, 5.74) is 0. The Morgan fingerprint density at radius 2 is 1.88 bits per heavy atom. The van der Waals surface area contributed by atoms with E-state index in [1.807, 2.05) is 0 Å². The first-order valence-electron chi connectivity index (χ1n) is 7.07. The zero-order chi connectivity index (χ0) is 11.5. The molecule has 94 valence electrons. The van der Waals surface area contributed by atoms with Gasteiger partial charge >= 0.3 is 0 Å². The van der Waals surface area contributed by atoms with Crippen LogP contribution in [0.15, 0.2) is 0 Å². The second kappa shape index (κ2) is 5.50. The standard InChI is InChI=1S/C14H27NO/c1-3-11-5-4-6-13(7-11)15(2)10-12-8-14(16)9-12/h11-14,16H,3-10H2,1-2H3. The van der Waals surface area contributed by atoms with Gasteiger partial charge in [-0.1, -0.05) is 26.2 Å². The van der Waals surface area contributed by atoms with Crippen molar-refractivity contribution < 1.29 is 5.11 Å². The minimum absolute atomic E-state index is 0.00754. The minimum atomic E-state index is 0.00754. The Balaban J connectivity index is 1.73. The zero-order valence-electron chi connectivity index (χ0n) is 10.9. The molecule has 16 heavy (non-hydrogen) atoms. The Morgan fingerprint density at radius 3 is 2.50 bits per heavy atom. The summed E-state index contributed by atoms with van der Waals surface area (Å²) in [5.74, 6) is 1.73. The van der Waals surface area contributed by atoms with E-state index in [1.165, 1.54) is 38.6 Å². The molecule has 2 heteroatoms. The third kappa shape index (κ3) is 2.98. The molecule has 2 saturated carbocycles. The second-order valence-electron chi connectivity index (χ2n) is 6.03. The molecule has 0 radical (unpaired) electrons. The van der Waals surface area contributed by atoms with Gasteiger partial charge in [0.2, 0.25) is 0 Å². The van der Waals surface area contributed by atoms with Gasteiger partial charge in [-0.05, 0) is 44.6 Å². The lowest BCUT2D eigenvalue weighted by atomic mass is 9.80. The largest absolute Gasteiger partial charge is 0.393 e. The summed E-state index contributed by atoms with van der Waals surface area (Å²) < 4.78 is 0. The normalized spacial score (nSPS) is 39.8. The predicted octanol–water partition coefficient (Wildman–Crippen LogP) is 2.66. The molecule has 0 bridgehead atoms. The van der Waals surface area contributed by atoms with Crippen molar-refractivity contribution in [2.75, 3.05) is 13.6 Å². The van der Waals surface area contributed by atoms with Crippen molar-refractivity contribution >= 4 is 0 Å². The molecule has 2 aliphatic carbocycles. The van der Waals surface area contributed by atoms with Gasteiger partial charge in [-0.2, -0.15) is 0 Å². The van der Waals surface area contributed by atoms with Crippen molar-refractivity contribution in [2.24, 2.45) is 11.8 Å². The fourth-order valence-corrected chi connectivity index (χ4v) is 3.44. The number of nitrogens with zero attached hydrogens (tertiary/aromatic N) is 1. The lowest BCUT2D eigenvalue weighted by Gasteiger charge is -2.40. The lowest BCUT2D eigenvalue weighted by Crippen LogP contribution is -2.43. The van der Waals surface area contributed by atoms with Crippen LogP contribution in [0.3, 0.4) is 0 Å². The molecule has 0 heterocycles. The molecule has 2 atom stereocenters. The fourth-order valence-electron chi connectivity index (χ4n) is 3.44. The van der Waals surface area contributed by atoms with Gasteiger partial charge in [0.25, 0.3) is 0 Å². The zero-order valence-corrected chi connectivity index (χ0v) is 10.9. The molecule has 0 spiro atoms. The van der Waals surface area contributed by atoms with Crippen molar-refractivity contribution in [2.45, 2.75) is 64.0 Å². The monoisotopic (exact) mass is 225 g/mol. The number of hydrogen-bond donors (Lipinski definition) is 1. The second-order valence-corrected chi connectivity index (χ2v) is 6.03. The molecule has 1 N–H and O–H groups in total. The maximum Gasteiger partial charge on any atom is 0.0546 e. The topological polar surface area (TPSA) is 23.5 Å². The molecule has 0 saturated heterocycles. The molecule has 2 rings (SSSR count). The van der Waals surface area contributed by atoms with Crippen LogP contribution in [0, 0.1) is 11.8 Å². The maximum absolute atomic E-state index is 9.30. The lowest BCUT2D eigenvalue weighted by molar-refractivity contribution is 0.0166. The van der Waals surface area contributed by atoms with Gasteiger partial charge < -0.3 is 10.0 Å². The molecule has 2 nitrogen and oxygen atoms in total. The number of hydrogen-bond acceptors (Lipinski definition) is 2. The Kier molecular flexibility index (Phi) is 4.26. The molecular weight excluding hydrogens is 198 g/mol. The average Bonchev–Trinajstić information content (AvgIpc) is 2.27. The van der Waals surface area contributed by atoms with Gasteiger partial charge in [-0.15, -0.1) is 0 Å². The summed E-state index contributed by atoms with van der Waals surface area (Å²) in [7, 11) is 2.29. The molecule has 0 aromatic rings. The summed E-state index contributed by atoms with van der Waals surface area (Å²) in [5, 5.41) is 9.30. The molecular formula is C14H27NO. The van der Waals surface area contributed by atoms with E-state index in [-0.39, 0.29) is 6.10 Å². The number of aliphatic hydroxyl groups is 1. The molecule has 2 fully saturated rings. The van der Waals surface area contributed by atoms with Crippen molar-refractivity contribution in [3.8, 4) is 0 Å². The van der Waals surface area contributed by atoms with Crippen molar-refractivity contribution in [3.05, 3.63) is 0 Å². The van der Waals surface area contributed by atoms with Crippen molar-refractivity contribution in [1.29, 1.82) is 0 Å². The van der Waals surface area contributed by atoms with Gasteiger partial charge in [0.1, 0.15) is 0 Å². The van der Waals surface area contributed by atoms with E-state index in [0.717, 1.165) is 30.7 Å². The van der Waals surface area contributed by atoms with Crippen LogP contribution < -0.4 is 0 Å². The molecule has 2 unspecified atom stereocenters. The highest BCUT2D eigenvalue weighted by atomic mass is 16.3. The highest BCUT2D eigenvalue weighted by Crippen LogP contribution is 2.32.